The number of nitrogens with zero attached hydrogens (tertiary/aromatic N) is 3. The molecule has 1 aliphatic carbocycles. The first kappa shape index (κ1) is 22.1. The summed E-state index contributed by atoms with van der Waals surface area (Å²) in [5.41, 5.74) is 1.99. The van der Waals surface area contributed by atoms with Gasteiger partial charge in [-0.1, -0.05) is 11.8 Å². The largest absolute Gasteiger partial charge is 0.416 e. The molecule has 1 N–H and O–H groups in total. The molecule has 4 rings (SSSR count). The van der Waals surface area contributed by atoms with E-state index >= 15 is 0 Å². The molecule has 1 amide bonds. The summed E-state index contributed by atoms with van der Waals surface area (Å²) in [5.74, 6) is -0.391. The van der Waals surface area contributed by atoms with Gasteiger partial charge in [-0.3, -0.25) is 14.3 Å². The molecular formula is C22H19F3N4O2S. The zero-order chi connectivity index (χ0) is 22.7. The van der Waals surface area contributed by atoms with Gasteiger partial charge in [0.1, 0.15) is 5.03 Å². The van der Waals surface area contributed by atoms with Crippen molar-refractivity contribution in [2.24, 2.45) is 0 Å². The molecule has 3 aromatic rings. The maximum atomic E-state index is 12.7. The van der Waals surface area contributed by atoms with Gasteiger partial charge in [-0.25, -0.2) is 4.79 Å². The Morgan fingerprint density at radius 3 is 2.50 bits per heavy atom. The normalized spacial score (nSPS) is 13.1. The van der Waals surface area contributed by atoms with Crippen molar-refractivity contribution in [2.45, 2.75) is 37.0 Å². The van der Waals surface area contributed by atoms with Crippen LogP contribution < -0.4 is 11.0 Å². The first-order valence-corrected chi connectivity index (χ1v) is 10.9. The molecule has 166 valence electrons. The first-order chi connectivity index (χ1) is 15.3. The average molecular weight is 460 g/mol. The summed E-state index contributed by atoms with van der Waals surface area (Å²) in [4.78, 5) is 33.2. The topological polar surface area (TPSA) is 76.9 Å². The van der Waals surface area contributed by atoms with Gasteiger partial charge in [-0.15, -0.1) is 0 Å². The quantitative estimate of drug-likeness (QED) is 0.446. The van der Waals surface area contributed by atoms with Crippen LogP contribution in [0.25, 0.3) is 0 Å². The number of rotatable bonds is 6. The van der Waals surface area contributed by atoms with E-state index in [1.807, 2.05) is 12.1 Å². The fraction of sp³-hybridized carbons (Fsp3) is 0.273. The molecule has 1 aliphatic rings. The van der Waals surface area contributed by atoms with Crippen LogP contribution in [0, 0.1) is 0 Å². The minimum atomic E-state index is -4.43. The summed E-state index contributed by atoms with van der Waals surface area (Å²) in [6, 6.07) is 7.95. The highest BCUT2D eigenvalue weighted by Crippen LogP contribution is 2.31. The maximum Gasteiger partial charge on any atom is 0.416 e. The van der Waals surface area contributed by atoms with Gasteiger partial charge in [0.15, 0.2) is 0 Å². The number of pyridine rings is 1. The summed E-state index contributed by atoms with van der Waals surface area (Å²) >= 11 is 1.16. The second kappa shape index (κ2) is 9.15. The summed E-state index contributed by atoms with van der Waals surface area (Å²) < 4.78 is 39.6. The highest BCUT2D eigenvalue weighted by Gasteiger charge is 2.30. The fourth-order valence-electron chi connectivity index (χ4n) is 3.61. The SMILES string of the molecule is O=C(CSc1nc(=O)n(Cc2ccncc2)c2c1CCC2)Nc1ccc(C(F)(F)F)cc1. The monoisotopic (exact) mass is 460 g/mol. The average Bonchev–Trinajstić information content (AvgIpc) is 3.25. The van der Waals surface area contributed by atoms with Crippen molar-refractivity contribution in [1.82, 2.24) is 14.5 Å². The van der Waals surface area contributed by atoms with E-state index in [-0.39, 0.29) is 23.0 Å². The van der Waals surface area contributed by atoms with Crippen molar-refractivity contribution in [2.75, 3.05) is 11.1 Å². The van der Waals surface area contributed by atoms with Crippen molar-refractivity contribution in [3.63, 3.8) is 0 Å². The lowest BCUT2D eigenvalue weighted by molar-refractivity contribution is -0.137. The van der Waals surface area contributed by atoms with Crippen LogP contribution in [0.3, 0.4) is 0 Å². The Morgan fingerprint density at radius 2 is 1.81 bits per heavy atom. The summed E-state index contributed by atoms with van der Waals surface area (Å²) in [6.07, 6.45) is 1.37. The Bertz CT molecular complexity index is 1180. The van der Waals surface area contributed by atoms with E-state index in [9.17, 15) is 22.8 Å². The number of nitrogens with one attached hydrogen (secondary N) is 1. The van der Waals surface area contributed by atoms with Crippen LogP contribution in [0.4, 0.5) is 18.9 Å². The number of benzene rings is 1. The van der Waals surface area contributed by atoms with Gasteiger partial charge in [0.2, 0.25) is 5.91 Å². The molecule has 10 heteroatoms. The molecule has 32 heavy (non-hydrogen) atoms. The third-order valence-electron chi connectivity index (χ3n) is 5.13. The molecule has 1 aromatic carbocycles. The number of amides is 1. The molecular weight excluding hydrogens is 441 g/mol. The van der Waals surface area contributed by atoms with Crippen molar-refractivity contribution in [1.29, 1.82) is 0 Å². The molecule has 0 atom stereocenters. The number of aromatic nitrogens is 3. The van der Waals surface area contributed by atoms with E-state index in [4.69, 9.17) is 0 Å². The number of thioether (sulfide) groups is 1. The van der Waals surface area contributed by atoms with Gasteiger partial charge in [0.05, 0.1) is 17.9 Å². The summed E-state index contributed by atoms with van der Waals surface area (Å²) in [6.45, 7) is 0.413. The van der Waals surface area contributed by atoms with E-state index in [0.717, 1.165) is 60.0 Å². The first-order valence-electron chi connectivity index (χ1n) is 9.92. The van der Waals surface area contributed by atoms with E-state index in [1.54, 1.807) is 17.0 Å². The number of fused-ring (bicyclic) bond motifs is 1. The third-order valence-corrected chi connectivity index (χ3v) is 6.14. The molecule has 0 spiro atoms. The molecule has 0 fully saturated rings. The van der Waals surface area contributed by atoms with Crippen LogP contribution in [-0.2, 0) is 30.4 Å². The molecule has 6 nitrogen and oxygen atoms in total. The molecule has 0 aliphatic heterocycles. The molecule has 2 heterocycles. The Kier molecular flexibility index (Phi) is 6.31. The van der Waals surface area contributed by atoms with Crippen LogP contribution in [0.15, 0.2) is 58.6 Å². The van der Waals surface area contributed by atoms with E-state index < -0.39 is 11.7 Å². The number of hydrogen-bond donors (Lipinski definition) is 1. The lowest BCUT2D eigenvalue weighted by Gasteiger charge is -2.14. The fourth-order valence-corrected chi connectivity index (χ4v) is 4.49. The Labute approximate surface area is 185 Å². The number of halogens is 3. The summed E-state index contributed by atoms with van der Waals surface area (Å²) in [7, 11) is 0. The molecule has 0 saturated heterocycles. The van der Waals surface area contributed by atoms with Crippen LogP contribution in [-0.4, -0.2) is 26.2 Å². The maximum absolute atomic E-state index is 12.7. The van der Waals surface area contributed by atoms with Gasteiger partial charge in [0.25, 0.3) is 0 Å². The zero-order valence-electron chi connectivity index (χ0n) is 16.9. The van der Waals surface area contributed by atoms with Crippen LogP contribution >= 0.6 is 11.8 Å². The predicted octanol–water partition coefficient (Wildman–Crippen LogP) is 3.92. The standard InChI is InChI=1S/C22H19F3N4O2S/c23-22(24,25)15-4-6-16(7-5-15)27-19(30)13-32-20-17-2-1-3-18(17)29(21(31)28-20)12-14-8-10-26-11-9-14/h4-11H,1-3,12-13H2,(H,27,30). The highest BCUT2D eigenvalue weighted by atomic mass is 32.2. The van der Waals surface area contributed by atoms with Gasteiger partial charge >= 0.3 is 11.9 Å². The lowest BCUT2D eigenvalue weighted by Crippen LogP contribution is -2.28. The number of carbonyl (C=O) groups is 1. The Morgan fingerprint density at radius 1 is 1.09 bits per heavy atom. The minimum absolute atomic E-state index is 0.00568. The van der Waals surface area contributed by atoms with Crippen molar-refractivity contribution >= 4 is 23.4 Å². The van der Waals surface area contributed by atoms with Crippen LogP contribution in [0.1, 0.15) is 28.8 Å². The molecule has 2 aromatic heterocycles. The Hall–Kier alpha value is -3.14. The predicted molar refractivity (Wildman–Crippen MR) is 115 cm³/mol. The molecule has 0 radical (unpaired) electrons. The molecule has 0 saturated carbocycles. The lowest BCUT2D eigenvalue weighted by atomic mass is 10.2. The van der Waals surface area contributed by atoms with Gasteiger partial charge in [-0.2, -0.15) is 18.2 Å². The third kappa shape index (κ3) is 5.01. The Balaban J connectivity index is 1.44. The minimum Gasteiger partial charge on any atom is -0.325 e. The summed E-state index contributed by atoms with van der Waals surface area (Å²) in [5, 5.41) is 3.11. The highest BCUT2D eigenvalue weighted by molar-refractivity contribution is 8.00. The number of carbonyl (C=O) groups excluding carboxylic acids is 1. The molecule has 0 unspecified atom stereocenters. The van der Waals surface area contributed by atoms with Gasteiger partial charge < -0.3 is 5.32 Å². The van der Waals surface area contributed by atoms with Crippen molar-refractivity contribution in [3.8, 4) is 0 Å². The van der Waals surface area contributed by atoms with Crippen molar-refractivity contribution in [3.05, 3.63) is 81.7 Å². The van der Waals surface area contributed by atoms with Crippen LogP contribution in [0.2, 0.25) is 0 Å². The van der Waals surface area contributed by atoms with Gasteiger partial charge in [-0.05, 0) is 61.2 Å². The van der Waals surface area contributed by atoms with Crippen LogP contribution in [0.5, 0.6) is 0 Å². The van der Waals surface area contributed by atoms with Gasteiger partial charge in [0, 0.05) is 29.3 Å². The molecule has 0 bridgehead atoms. The van der Waals surface area contributed by atoms with Crippen molar-refractivity contribution < 1.29 is 18.0 Å². The van der Waals surface area contributed by atoms with E-state index in [0.29, 0.717) is 11.6 Å². The second-order valence-electron chi connectivity index (χ2n) is 7.33. The smallest absolute Gasteiger partial charge is 0.325 e. The number of anilines is 1. The second-order valence-corrected chi connectivity index (χ2v) is 8.30. The zero-order valence-corrected chi connectivity index (χ0v) is 17.7. The number of hydrogen-bond acceptors (Lipinski definition) is 5. The van der Waals surface area contributed by atoms with E-state index in [2.05, 4.69) is 15.3 Å². The van der Waals surface area contributed by atoms with E-state index in [1.165, 1.54) is 12.1 Å². The number of alkyl halides is 3.